The first-order valence-corrected chi connectivity index (χ1v) is 6.45. The fraction of sp³-hybridized carbons (Fsp3) is 0.571. The Balaban J connectivity index is 2.52. The molecule has 0 fully saturated rings. The zero-order chi connectivity index (χ0) is 15.2. The molecule has 0 aliphatic rings. The predicted octanol–water partition coefficient (Wildman–Crippen LogP) is 3.44. The van der Waals surface area contributed by atoms with Gasteiger partial charge in [-0.2, -0.15) is 13.2 Å². The Morgan fingerprint density at radius 2 is 1.85 bits per heavy atom. The van der Waals surface area contributed by atoms with Crippen LogP contribution in [-0.2, 0) is 4.74 Å². The van der Waals surface area contributed by atoms with E-state index in [1.165, 1.54) is 0 Å². The monoisotopic (exact) mass is 291 g/mol. The number of nitrogens with two attached hydrogens (primary N) is 1. The van der Waals surface area contributed by atoms with Crippen molar-refractivity contribution in [2.24, 2.45) is 5.73 Å². The fourth-order valence-electron chi connectivity index (χ4n) is 1.70. The lowest BCUT2D eigenvalue weighted by molar-refractivity contribution is -0.174. The molecule has 0 radical (unpaired) electrons. The van der Waals surface area contributed by atoms with E-state index in [-0.39, 0.29) is 12.7 Å². The van der Waals surface area contributed by atoms with Crippen LogP contribution < -0.4 is 10.5 Å². The van der Waals surface area contributed by atoms with Gasteiger partial charge < -0.3 is 15.2 Å². The van der Waals surface area contributed by atoms with Gasteiger partial charge in [-0.25, -0.2) is 0 Å². The van der Waals surface area contributed by atoms with Gasteiger partial charge in [0.15, 0.2) is 0 Å². The molecular weight excluding hydrogens is 271 g/mol. The molecule has 20 heavy (non-hydrogen) atoms. The Hall–Kier alpha value is -1.27. The number of para-hydroxylation sites is 1. The third-order valence-corrected chi connectivity index (χ3v) is 2.52. The van der Waals surface area contributed by atoms with Crippen LogP contribution in [0.1, 0.15) is 31.9 Å². The Morgan fingerprint density at radius 1 is 1.20 bits per heavy atom. The Labute approximate surface area is 116 Å². The maximum absolute atomic E-state index is 11.9. The van der Waals surface area contributed by atoms with E-state index in [1.54, 1.807) is 6.07 Å². The molecule has 1 aromatic rings. The van der Waals surface area contributed by atoms with Crippen molar-refractivity contribution in [1.29, 1.82) is 0 Å². The molecule has 0 heterocycles. The molecule has 0 bridgehead atoms. The molecular formula is C14H20F3NO2. The zero-order valence-corrected chi connectivity index (χ0v) is 11.6. The van der Waals surface area contributed by atoms with E-state index in [2.05, 4.69) is 4.74 Å². The van der Waals surface area contributed by atoms with Gasteiger partial charge in [-0.1, -0.05) is 18.2 Å². The van der Waals surface area contributed by atoms with Crippen LogP contribution in [0.3, 0.4) is 0 Å². The quantitative estimate of drug-likeness (QED) is 0.783. The third-order valence-electron chi connectivity index (χ3n) is 2.52. The summed E-state index contributed by atoms with van der Waals surface area (Å²) in [6, 6.07) is 6.84. The molecule has 3 nitrogen and oxygen atoms in total. The second kappa shape index (κ2) is 7.50. The van der Waals surface area contributed by atoms with E-state index in [4.69, 9.17) is 10.5 Å². The number of rotatable bonds is 7. The van der Waals surface area contributed by atoms with Crippen molar-refractivity contribution in [3.8, 4) is 5.75 Å². The predicted molar refractivity (Wildman–Crippen MR) is 70.6 cm³/mol. The summed E-state index contributed by atoms with van der Waals surface area (Å²) in [6.07, 6.45) is -4.00. The summed E-state index contributed by atoms with van der Waals surface area (Å²) in [7, 11) is 0. The molecule has 1 aromatic carbocycles. The molecule has 1 rings (SSSR count). The van der Waals surface area contributed by atoms with Crippen LogP contribution in [0.2, 0.25) is 0 Å². The van der Waals surface area contributed by atoms with Crippen LogP contribution in [0.4, 0.5) is 13.2 Å². The Bertz CT molecular complexity index is 408. The molecule has 1 unspecified atom stereocenters. The average Bonchev–Trinajstić information content (AvgIpc) is 2.33. The first kappa shape index (κ1) is 16.8. The molecule has 0 aliphatic carbocycles. The highest BCUT2D eigenvalue weighted by Crippen LogP contribution is 2.26. The summed E-state index contributed by atoms with van der Waals surface area (Å²) in [6.45, 7) is 2.50. The van der Waals surface area contributed by atoms with E-state index in [1.807, 2.05) is 32.0 Å². The maximum atomic E-state index is 11.9. The first-order valence-electron chi connectivity index (χ1n) is 6.45. The van der Waals surface area contributed by atoms with E-state index < -0.39 is 18.8 Å². The van der Waals surface area contributed by atoms with Crippen LogP contribution in [0.15, 0.2) is 24.3 Å². The fourth-order valence-corrected chi connectivity index (χ4v) is 1.70. The van der Waals surface area contributed by atoms with Crippen LogP contribution in [0.25, 0.3) is 0 Å². The lowest BCUT2D eigenvalue weighted by Crippen LogP contribution is -2.20. The highest BCUT2D eigenvalue weighted by atomic mass is 19.4. The summed E-state index contributed by atoms with van der Waals surface area (Å²) in [5.74, 6) is 0.658. The van der Waals surface area contributed by atoms with Crippen molar-refractivity contribution < 1.29 is 22.6 Å². The van der Waals surface area contributed by atoms with Gasteiger partial charge >= 0.3 is 6.18 Å². The highest BCUT2D eigenvalue weighted by Gasteiger charge is 2.27. The molecule has 0 saturated heterocycles. The second-order valence-electron chi connectivity index (χ2n) is 4.77. The Morgan fingerprint density at radius 3 is 2.45 bits per heavy atom. The molecule has 0 spiro atoms. The van der Waals surface area contributed by atoms with E-state index in [0.717, 1.165) is 5.56 Å². The maximum Gasteiger partial charge on any atom is 0.411 e. The van der Waals surface area contributed by atoms with Gasteiger partial charge in [0.05, 0.1) is 6.10 Å². The van der Waals surface area contributed by atoms with Gasteiger partial charge in [-0.05, 0) is 26.3 Å². The number of hydrogen-bond donors (Lipinski definition) is 1. The highest BCUT2D eigenvalue weighted by molar-refractivity contribution is 5.35. The summed E-state index contributed by atoms with van der Waals surface area (Å²) in [5.41, 5.74) is 6.75. The zero-order valence-electron chi connectivity index (χ0n) is 11.6. The van der Waals surface area contributed by atoms with E-state index >= 15 is 0 Å². The normalized spacial score (nSPS) is 13.6. The van der Waals surface area contributed by atoms with E-state index in [0.29, 0.717) is 12.2 Å². The summed E-state index contributed by atoms with van der Waals surface area (Å²) >= 11 is 0. The molecule has 1 atom stereocenters. The van der Waals surface area contributed by atoms with Crippen molar-refractivity contribution in [2.75, 3.05) is 13.2 Å². The standard InChI is InChI=1S/C14H20F3NO2/c1-10(2)20-13-6-4-3-5-11(13)12(18)7-8-19-9-14(15,16)17/h3-6,10,12H,7-9,18H2,1-2H3. The first-order chi connectivity index (χ1) is 9.29. The topological polar surface area (TPSA) is 44.5 Å². The van der Waals surface area contributed by atoms with Crippen molar-refractivity contribution in [3.63, 3.8) is 0 Å². The van der Waals surface area contributed by atoms with Crippen molar-refractivity contribution in [2.45, 2.75) is 38.6 Å². The third kappa shape index (κ3) is 6.25. The molecule has 0 aromatic heterocycles. The smallest absolute Gasteiger partial charge is 0.411 e. The molecule has 114 valence electrons. The summed E-state index contributed by atoms with van der Waals surface area (Å²) < 4.78 is 46.0. The SMILES string of the molecule is CC(C)Oc1ccccc1C(N)CCOCC(F)(F)F. The molecule has 2 N–H and O–H groups in total. The number of ether oxygens (including phenoxy) is 2. The van der Waals surface area contributed by atoms with Gasteiger partial charge in [0, 0.05) is 18.2 Å². The van der Waals surface area contributed by atoms with Crippen molar-refractivity contribution in [1.82, 2.24) is 0 Å². The van der Waals surface area contributed by atoms with Crippen LogP contribution in [0, 0.1) is 0 Å². The van der Waals surface area contributed by atoms with Gasteiger partial charge in [-0.15, -0.1) is 0 Å². The van der Waals surface area contributed by atoms with Crippen molar-refractivity contribution >= 4 is 0 Å². The molecule has 0 aliphatic heterocycles. The molecule has 0 saturated carbocycles. The van der Waals surface area contributed by atoms with Crippen LogP contribution in [-0.4, -0.2) is 25.5 Å². The number of halogens is 3. The lowest BCUT2D eigenvalue weighted by atomic mass is 10.0. The van der Waals surface area contributed by atoms with Gasteiger partial charge in [0.25, 0.3) is 0 Å². The number of alkyl halides is 3. The largest absolute Gasteiger partial charge is 0.491 e. The van der Waals surface area contributed by atoms with Gasteiger partial charge in [-0.3, -0.25) is 0 Å². The van der Waals surface area contributed by atoms with E-state index in [9.17, 15) is 13.2 Å². The summed E-state index contributed by atoms with van der Waals surface area (Å²) in [5, 5.41) is 0. The molecule has 0 amide bonds. The average molecular weight is 291 g/mol. The summed E-state index contributed by atoms with van der Waals surface area (Å²) in [4.78, 5) is 0. The number of hydrogen-bond acceptors (Lipinski definition) is 3. The number of benzene rings is 1. The van der Waals surface area contributed by atoms with Crippen LogP contribution >= 0.6 is 0 Å². The molecule has 6 heteroatoms. The Kier molecular flexibility index (Phi) is 6.29. The van der Waals surface area contributed by atoms with Gasteiger partial charge in [0.2, 0.25) is 0 Å². The lowest BCUT2D eigenvalue weighted by Gasteiger charge is -2.19. The second-order valence-corrected chi connectivity index (χ2v) is 4.77. The minimum atomic E-state index is -4.30. The van der Waals surface area contributed by atoms with Gasteiger partial charge in [0.1, 0.15) is 12.4 Å². The minimum Gasteiger partial charge on any atom is -0.491 e. The minimum absolute atomic E-state index is 0.00447. The van der Waals surface area contributed by atoms with Crippen molar-refractivity contribution in [3.05, 3.63) is 29.8 Å². The van der Waals surface area contributed by atoms with Crippen LogP contribution in [0.5, 0.6) is 5.75 Å².